The Morgan fingerprint density at radius 2 is 1.66 bits per heavy atom. The van der Waals surface area contributed by atoms with Crippen molar-refractivity contribution in [2.45, 2.75) is 20.3 Å². The maximum Gasteiger partial charge on any atom is 0.339 e. The minimum atomic E-state index is -0.559. The molecule has 0 spiro atoms. The van der Waals surface area contributed by atoms with Gasteiger partial charge >= 0.3 is 5.97 Å². The van der Waals surface area contributed by atoms with Crippen LogP contribution in [-0.4, -0.2) is 23.3 Å². The van der Waals surface area contributed by atoms with Crippen LogP contribution in [0.5, 0.6) is 0 Å². The summed E-state index contributed by atoms with van der Waals surface area (Å²) in [6.07, 6.45) is 0.897. The minimum Gasteiger partial charge on any atom is -0.454 e. The fourth-order valence-electron chi connectivity index (χ4n) is 3.50. The van der Waals surface area contributed by atoms with Gasteiger partial charge in [0, 0.05) is 21.5 Å². The van der Waals surface area contributed by atoms with Crippen LogP contribution in [0.2, 0.25) is 5.02 Å². The molecule has 0 atom stereocenters. The Morgan fingerprint density at radius 3 is 2.34 bits per heavy atom. The van der Waals surface area contributed by atoms with E-state index in [9.17, 15) is 9.59 Å². The number of Topliss-reactive ketones (excluding diaryl/α,β-unsaturated/α-hetero) is 1. The molecule has 32 heavy (non-hydrogen) atoms. The van der Waals surface area contributed by atoms with Gasteiger partial charge in [-0.1, -0.05) is 66.6 Å². The van der Waals surface area contributed by atoms with Crippen molar-refractivity contribution in [2.24, 2.45) is 0 Å². The Bertz CT molecular complexity index is 1300. The second-order valence-electron chi connectivity index (χ2n) is 7.63. The molecule has 0 radical (unpaired) electrons. The number of carbonyl (C=O) groups is 2. The summed E-state index contributed by atoms with van der Waals surface area (Å²) in [6.45, 7) is 3.68. The van der Waals surface area contributed by atoms with Crippen LogP contribution in [0.1, 0.15) is 38.8 Å². The van der Waals surface area contributed by atoms with Gasteiger partial charge in [-0.25, -0.2) is 9.78 Å². The number of aryl methyl sites for hydroxylation is 2. The van der Waals surface area contributed by atoms with Crippen molar-refractivity contribution in [2.75, 3.05) is 6.61 Å². The maximum absolute atomic E-state index is 13.0. The largest absolute Gasteiger partial charge is 0.454 e. The number of halogens is 1. The molecule has 1 heterocycles. The summed E-state index contributed by atoms with van der Waals surface area (Å²) in [5.41, 5.74) is 5.18. The fourth-order valence-corrected chi connectivity index (χ4v) is 3.62. The van der Waals surface area contributed by atoms with Gasteiger partial charge in [0.1, 0.15) is 0 Å². The number of carbonyl (C=O) groups excluding carboxylic acids is 2. The summed E-state index contributed by atoms with van der Waals surface area (Å²) >= 11 is 6.01. The Kier molecular flexibility index (Phi) is 6.33. The van der Waals surface area contributed by atoms with E-state index in [2.05, 4.69) is 6.92 Å². The van der Waals surface area contributed by atoms with Gasteiger partial charge in [-0.2, -0.15) is 0 Å². The molecule has 1 aromatic heterocycles. The summed E-state index contributed by atoms with van der Waals surface area (Å²) in [6, 6.07) is 22.0. The quantitative estimate of drug-likeness (QED) is 0.253. The van der Waals surface area contributed by atoms with E-state index in [0.717, 1.165) is 23.1 Å². The highest BCUT2D eigenvalue weighted by Crippen LogP contribution is 2.27. The third-order valence-electron chi connectivity index (χ3n) is 5.34. The minimum absolute atomic E-state index is 0.242. The van der Waals surface area contributed by atoms with Gasteiger partial charge in [0.05, 0.1) is 16.8 Å². The van der Waals surface area contributed by atoms with E-state index in [1.165, 1.54) is 0 Å². The summed E-state index contributed by atoms with van der Waals surface area (Å²) in [5.74, 6) is -0.801. The van der Waals surface area contributed by atoms with Crippen molar-refractivity contribution in [1.29, 1.82) is 0 Å². The first-order chi connectivity index (χ1) is 15.4. The van der Waals surface area contributed by atoms with Crippen LogP contribution < -0.4 is 0 Å². The molecule has 4 aromatic rings. The van der Waals surface area contributed by atoms with Gasteiger partial charge < -0.3 is 4.74 Å². The Hall–Kier alpha value is -3.50. The lowest BCUT2D eigenvalue weighted by Gasteiger charge is -2.11. The zero-order chi connectivity index (χ0) is 22.7. The fraction of sp³-hybridized carbons (Fsp3) is 0.148. The van der Waals surface area contributed by atoms with E-state index in [4.69, 9.17) is 21.3 Å². The van der Waals surface area contributed by atoms with Crippen molar-refractivity contribution in [3.63, 3.8) is 0 Å². The van der Waals surface area contributed by atoms with Crippen molar-refractivity contribution < 1.29 is 14.3 Å². The summed E-state index contributed by atoms with van der Waals surface area (Å²) in [4.78, 5) is 30.2. The van der Waals surface area contributed by atoms with Crippen molar-refractivity contribution in [1.82, 2.24) is 4.98 Å². The van der Waals surface area contributed by atoms with Crippen molar-refractivity contribution in [3.8, 4) is 11.3 Å². The number of nitrogens with zero attached hydrogens (tertiary/aromatic N) is 1. The Labute approximate surface area is 191 Å². The van der Waals surface area contributed by atoms with Crippen LogP contribution >= 0.6 is 11.6 Å². The molecular formula is C27H22ClNO3. The molecule has 4 nitrogen and oxygen atoms in total. The van der Waals surface area contributed by atoms with Gasteiger partial charge in [-0.3, -0.25) is 4.79 Å². The first-order valence-corrected chi connectivity index (χ1v) is 10.8. The van der Waals surface area contributed by atoms with E-state index in [1.807, 2.05) is 49.4 Å². The van der Waals surface area contributed by atoms with E-state index >= 15 is 0 Å². The van der Waals surface area contributed by atoms with Gasteiger partial charge in [0.25, 0.3) is 0 Å². The van der Waals surface area contributed by atoms with Crippen LogP contribution in [0.15, 0.2) is 72.8 Å². The number of esters is 1. The topological polar surface area (TPSA) is 56.3 Å². The summed E-state index contributed by atoms with van der Waals surface area (Å²) in [5, 5.41) is 1.31. The lowest BCUT2D eigenvalue weighted by atomic mass is 10.0. The van der Waals surface area contributed by atoms with Crippen LogP contribution in [0.25, 0.3) is 22.2 Å². The molecule has 0 bridgehead atoms. The molecule has 0 amide bonds. The standard InChI is InChI=1S/C27H22ClNO3/c1-3-18-5-7-20(8-6-18)26(30)16-32-27(31)23-15-25(19-9-11-21(28)12-10-19)29-24-13-4-17(2)14-22(23)24/h4-15H,3,16H2,1-2H3. The first-order valence-electron chi connectivity index (χ1n) is 10.4. The first kappa shape index (κ1) is 21.7. The monoisotopic (exact) mass is 443 g/mol. The number of benzene rings is 3. The molecule has 0 unspecified atom stereocenters. The Morgan fingerprint density at radius 1 is 0.938 bits per heavy atom. The van der Waals surface area contributed by atoms with Crippen molar-refractivity contribution in [3.05, 3.63) is 100 Å². The van der Waals surface area contributed by atoms with Crippen LogP contribution in [0, 0.1) is 6.92 Å². The zero-order valence-electron chi connectivity index (χ0n) is 17.9. The van der Waals surface area contributed by atoms with Crippen LogP contribution in [0.4, 0.5) is 0 Å². The summed E-state index contributed by atoms with van der Waals surface area (Å²) in [7, 11) is 0. The third-order valence-corrected chi connectivity index (χ3v) is 5.59. The molecule has 0 aliphatic rings. The van der Waals surface area contributed by atoms with Crippen LogP contribution in [0.3, 0.4) is 0 Å². The number of rotatable bonds is 6. The van der Waals surface area contributed by atoms with E-state index in [-0.39, 0.29) is 12.4 Å². The maximum atomic E-state index is 13.0. The SMILES string of the molecule is CCc1ccc(C(=O)COC(=O)c2cc(-c3ccc(Cl)cc3)nc3ccc(C)cc23)cc1. The highest BCUT2D eigenvalue weighted by molar-refractivity contribution is 6.30. The molecule has 5 heteroatoms. The molecule has 0 saturated carbocycles. The van der Waals surface area contributed by atoms with Gasteiger partial charge in [0.15, 0.2) is 12.4 Å². The molecule has 0 N–H and O–H groups in total. The lowest BCUT2D eigenvalue weighted by Crippen LogP contribution is -2.15. The second kappa shape index (κ2) is 9.33. The van der Waals surface area contributed by atoms with Gasteiger partial charge in [0.2, 0.25) is 0 Å². The molecule has 0 aliphatic carbocycles. The van der Waals surface area contributed by atoms with Crippen molar-refractivity contribution >= 4 is 34.3 Å². The predicted octanol–water partition coefficient (Wildman–Crippen LogP) is 6.47. The number of pyridine rings is 1. The van der Waals surface area contributed by atoms with Gasteiger partial charge in [-0.15, -0.1) is 0 Å². The second-order valence-corrected chi connectivity index (χ2v) is 8.07. The smallest absolute Gasteiger partial charge is 0.339 e. The highest BCUT2D eigenvalue weighted by Gasteiger charge is 2.17. The highest BCUT2D eigenvalue weighted by atomic mass is 35.5. The average molecular weight is 444 g/mol. The molecule has 4 rings (SSSR count). The number of ketones is 1. The molecule has 0 fully saturated rings. The molecule has 0 aliphatic heterocycles. The lowest BCUT2D eigenvalue weighted by molar-refractivity contribution is 0.0476. The number of aromatic nitrogens is 1. The third kappa shape index (κ3) is 4.71. The number of hydrogen-bond donors (Lipinski definition) is 0. The summed E-state index contributed by atoms with van der Waals surface area (Å²) < 4.78 is 5.42. The molecular weight excluding hydrogens is 422 g/mol. The normalized spacial score (nSPS) is 10.8. The van der Waals surface area contributed by atoms with E-state index in [1.54, 1.807) is 30.3 Å². The average Bonchev–Trinajstić information content (AvgIpc) is 2.82. The number of fused-ring (bicyclic) bond motifs is 1. The van der Waals surface area contributed by atoms with Crippen LogP contribution in [-0.2, 0) is 11.2 Å². The molecule has 160 valence electrons. The van der Waals surface area contributed by atoms with Gasteiger partial charge in [-0.05, 0) is 49.2 Å². The molecule has 3 aromatic carbocycles. The number of ether oxygens (including phenoxy) is 1. The van der Waals surface area contributed by atoms with E-state index < -0.39 is 5.97 Å². The molecule has 0 saturated heterocycles. The predicted molar refractivity (Wildman–Crippen MR) is 127 cm³/mol. The van der Waals surface area contributed by atoms with E-state index in [0.29, 0.717) is 32.7 Å². The number of hydrogen-bond acceptors (Lipinski definition) is 4. The Balaban J connectivity index is 1.63. The zero-order valence-corrected chi connectivity index (χ0v) is 18.6.